The summed E-state index contributed by atoms with van der Waals surface area (Å²) in [6, 6.07) is 17.1. The van der Waals surface area contributed by atoms with Crippen molar-refractivity contribution in [2.24, 2.45) is 0 Å². The maximum absolute atomic E-state index is 13.6. The second-order valence-corrected chi connectivity index (χ2v) is 7.47. The van der Waals surface area contributed by atoms with Gasteiger partial charge in [-0.1, -0.05) is 36.4 Å². The molecule has 3 aromatic rings. The SMILES string of the molecule is O=C(COC(=O)c1ccc(C(=O)OCC(=O)NCc2ccccc2F)cc1)NCc1ccccc1F. The standard InChI is InChI=1S/C26H22F2N2O6/c27-21-7-3-1-5-19(21)13-29-23(31)15-35-25(33)17-9-11-18(12-10-17)26(34)36-16-24(32)30-14-20-6-2-4-8-22(20)28/h1-12H,13-16H2,(H,29,31)(H,30,32). The minimum atomic E-state index is -0.802. The smallest absolute Gasteiger partial charge is 0.338 e. The molecule has 2 amide bonds. The molecule has 0 spiro atoms. The van der Waals surface area contributed by atoms with Crippen LogP contribution in [0.3, 0.4) is 0 Å². The fraction of sp³-hybridized carbons (Fsp3) is 0.154. The van der Waals surface area contributed by atoms with E-state index in [9.17, 15) is 28.0 Å². The van der Waals surface area contributed by atoms with E-state index in [-0.39, 0.29) is 24.2 Å². The van der Waals surface area contributed by atoms with Crippen LogP contribution in [0.15, 0.2) is 72.8 Å². The van der Waals surface area contributed by atoms with Gasteiger partial charge in [0.1, 0.15) is 11.6 Å². The number of ether oxygens (including phenoxy) is 2. The first-order chi connectivity index (χ1) is 17.3. The molecular formula is C26H22F2N2O6. The predicted molar refractivity (Wildman–Crippen MR) is 124 cm³/mol. The van der Waals surface area contributed by atoms with Crippen LogP contribution in [0.4, 0.5) is 8.78 Å². The fourth-order valence-corrected chi connectivity index (χ4v) is 2.94. The fourth-order valence-electron chi connectivity index (χ4n) is 2.94. The lowest BCUT2D eigenvalue weighted by Gasteiger charge is -2.08. The van der Waals surface area contributed by atoms with Crippen molar-refractivity contribution in [2.45, 2.75) is 13.1 Å². The quantitative estimate of drug-likeness (QED) is 0.418. The zero-order chi connectivity index (χ0) is 25.9. The van der Waals surface area contributed by atoms with Crippen molar-refractivity contribution in [3.05, 3.63) is 107 Å². The minimum absolute atomic E-state index is 0.0545. The monoisotopic (exact) mass is 496 g/mol. The van der Waals surface area contributed by atoms with E-state index in [2.05, 4.69) is 10.6 Å². The van der Waals surface area contributed by atoms with E-state index in [1.54, 1.807) is 12.1 Å². The number of esters is 2. The Balaban J connectivity index is 1.39. The molecule has 0 atom stereocenters. The third kappa shape index (κ3) is 7.73. The van der Waals surface area contributed by atoms with Crippen molar-refractivity contribution in [3.8, 4) is 0 Å². The number of nitrogens with one attached hydrogen (secondary N) is 2. The number of carbonyl (C=O) groups excluding carboxylic acids is 4. The van der Waals surface area contributed by atoms with E-state index in [0.717, 1.165) is 0 Å². The second kappa shape index (κ2) is 12.7. The Labute approximate surface area is 205 Å². The summed E-state index contributed by atoms with van der Waals surface area (Å²) in [4.78, 5) is 48.0. The lowest BCUT2D eigenvalue weighted by molar-refractivity contribution is -0.125. The van der Waals surface area contributed by atoms with Crippen LogP contribution in [0.1, 0.15) is 31.8 Å². The van der Waals surface area contributed by atoms with Gasteiger partial charge in [0.25, 0.3) is 11.8 Å². The molecule has 0 saturated carbocycles. The molecule has 3 aromatic carbocycles. The Bertz CT molecular complexity index is 1150. The Hall–Kier alpha value is -4.60. The van der Waals surface area contributed by atoms with Crippen molar-refractivity contribution >= 4 is 23.8 Å². The number of hydrogen-bond acceptors (Lipinski definition) is 6. The van der Waals surface area contributed by atoms with Gasteiger partial charge in [-0.2, -0.15) is 0 Å². The summed E-state index contributed by atoms with van der Waals surface area (Å²) in [5, 5.41) is 4.89. The highest BCUT2D eigenvalue weighted by Gasteiger charge is 2.14. The van der Waals surface area contributed by atoms with Gasteiger partial charge in [0.15, 0.2) is 13.2 Å². The Kier molecular flexibility index (Phi) is 9.21. The van der Waals surface area contributed by atoms with Crippen molar-refractivity contribution in [3.63, 3.8) is 0 Å². The first-order valence-corrected chi connectivity index (χ1v) is 10.8. The summed E-state index contributed by atoms with van der Waals surface area (Å²) in [5.74, 6) is -3.75. The molecule has 36 heavy (non-hydrogen) atoms. The van der Waals surface area contributed by atoms with E-state index in [4.69, 9.17) is 9.47 Å². The second-order valence-electron chi connectivity index (χ2n) is 7.47. The molecule has 0 saturated heterocycles. The average Bonchev–Trinajstić information content (AvgIpc) is 2.89. The van der Waals surface area contributed by atoms with Crippen molar-refractivity contribution in [2.75, 3.05) is 13.2 Å². The first kappa shape index (κ1) is 26.0. The summed E-state index contributed by atoms with van der Waals surface area (Å²) in [6.45, 7) is -1.25. The maximum atomic E-state index is 13.6. The summed E-state index contributed by atoms with van der Waals surface area (Å²) < 4.78 is 37.0. The highest BCUT2D eigenvalue weighted by atomic mass is 19.1. The van der Waals surface area contributed by atoms with Crippen molar-refractivity contribution in [1.82, 2.24) is 10.6 Å². The molecule has 3 rings (SSSR count). The van der Waals surface area contributed by atoms with Crippen LogP contribution in [0.2, 0.25) is 0 Å². The molecule has 8 nitrogen and oxygen atoms in total. The van der Waals surface area contributed by atoms with Crippen LogP contribution in [0.5, 0.6) is 0 Å². The molecule has 0 aliphatic rings. The van der Waals surface area contributed by atoms with E-state index in [1.165, 1.54) is 60.7 Å². The molecule has 10 heteroatoms. The zero-order valence-electron chi connectivity index (χ0n) is 19.0. The van der Waals surface area contributed by atoms with Gasteiger partial charge in [-0.05, 0) is 36.4 Å². The molecule has 0 radical (unpaired) electrons. The van der Waals surface area contributed by atoms with Gasteiger partial charge in [-0.25, -0.2) is 18.4 Å². The molecule has 186 valence electrons. The van der Waals surface area contributed by atoms with Crippen LogP contribution in [0.25, 0.3) is 0 Å². The lowest BCUT2D eigenvalue weighted by atomic mass is 10.1. The van der Waals surface area contributed by atoms with Crippen LogP contribution in [-0.4, -0.2) is 37.0 Å². The van der Waals surface area contributed by atoms with E-state index in [1.807, 2.05) is 0 Å². The number of benzene rings is 3. The summed E-state index contributed by atoms with van der Waals surface area (Å²) in [6.07, 6.45) is 0. The van der Waals surface area contributed by atoms with Crippen LogP contribution in [-0.2, 0) is 32.2 Å². The average molecular weight is 496 g/mol. The molecule has 0 fully saturated rings. The number of amides is 2. The molecule has 0 aliphatic carbocycles. The molecule has 0 unspecified atom stereocenters. The normalized spacial score (nSPS) is 10.3. The largest absolute Gasteiger partial charge is 0.452 e. The first-order valence-electron chi connectivity index (χ1n) is 10.8. The minimum Gasteiger partial charge on any atom is -0.452 e. The Morgan fingerprint density at radius 1 is 0.583 bits per heavy atom. The summed E-state index contributed by atoms with van der Waals surface area (Å²) >= 11 is 0. The van der Waals surface area contributed by atoms with Gasteiger partial charge in [0, 0.05) is 24.2 Å². The van der Waals surface area contributed by atoms with Gasteiger partial charge in [0.05, 0.1) is 11.1 Å². The molecular weight excluding hydrogens is 474 g/mol. The summed E-state index contributed by atoms with van der Waals surface area (Å²) in [7, 11) is 0. The number of rotatable bonds is 10. The molecule has 0 bridgehead atoms. The highest BCUT2D eigenvalue weighted by Crippen LogP contribution is 2.09. The van der Waals surface area contributed by atoms with Crippen molar-refractivity contribution in [1.29, 1.82) is 0 Å². The Morgan fingerprint density at radius 2 is 0.944 bits per heavy atom. The Morgan fingerprint density at radius 3 is 1.31 bits per heavy atom. The number of halogens is 2. The zero-order valence-corrected chi connectivity index (χ0v) is 19.0. The van der Waals surface area contributed by atoms with Gasteiger partial charge < -0.3 is 20.1 Å². The third-order valence-electron chi connectivity index (χ3n) is 4.89. The van der Waals surface area contributed by atoms with Gasteiger partial charge in [-0.3, -0.25) is 9.59 Å². The van der Waals surface area contributed by atoms with Crippen LogP contribution >= 0.6 is 0 Å². The summed E-state index contributed by atoms with van der Waals surface area (Å²) in [5.41, 5.74) is 0.747. The molecule has 0 aliphatic heterocycles. The predicted octanol–water partition coefficient (Wildman–Crippen LogP) is 2.91. The van der Waals surface area contributed by atoms with Crippen molar-refractivity contribution < 1.29 is 37.4 Å². The van der Waals surface area contributed by atoms with Gasteiger partial charge in [0.2, 0.25) is 0 Å². The molecule has 2 N–H and O–H groups in total. The molecule has 0 heterocycles. The topological polar surface area (TPSA) is 111 Å². The highest BCUT2D eigenvalue weighted by molar-refractivity contribution is 5.94. The molecule has 0 aromatic heterocycles. The number of hydrogen-bond donors (Lipinski definition) is 2. The number of carbonyl (C=O) groups is 4. The lowest BCUT2D eigenvalue weighted by Crippen LogP contribution is -2.29. The van der Waals surface area contributed by atoms with E-state index < -0.39 is 48.6 Å². The van der Waals surface area contributed by atoms with E-state index >= 15 is 0 Å². The van der Waals surface area contributed by atoms with Gasteiger partial charge >= 0.3 is 11.9 Å². The van der Waals surface area contributed by atoms with E-state index in [0.29, 0.717) is 11.1 Å². The third-order valence-corrected chi connectivity index (χ3v) is 4.89. The maximum Gasteiger partial charge on any atom is 0.338 e. The van der Waals surface area contributed by atoms with Crippen LogP contribution < -0.4 is 10.6 Å². The van der Waals surface area contributed by atoms with Crippen LogP contribution in [0, 0.1) is 11.6 Å². The van der Waals surface area contributed by atoms with Gasteiger partial charge in [-0.15, -0.1) is 0 Å².